The van der Waals surface area contributed by atoms with Gasteiger partial charge < -0.3 is 9.46 Å². The van der Waals surface area contributed by atoms with E-state index in [-0.39, 0.29) is 5.41 Å². The largest absolute Gasteiger partial charge is 0.308 e. The Morgan fingerprint density at radius 1 is 0.545 bits per heavy atom. The summed E-state index contributed by atoms with van der Waals surface area (Å²) in [6.07, 6.45) is 0. The second-order valence-corrected chi connectivity index (χ2v) is 15.6. The molecule has 0 N–H and O–H groups in total. The smallest absolute Gasteiger partial charge is 0.175 e. The van der Waals surface area contributed by atoms with E-state index >= 15 is 4.57 Å². The maximum Gasteiger partial charge on any atom is 0.175 e. The van der Waals surface area contributed by atoms with Crippen molar-refractivity contribution in [3.8, 4) is 0 Å². The molecule has 0 amide bonds. The first-order valence-electron chi connectivity index (χ1n) is 15.3. The molecule has 3 heteroatoms. The Bertz CT molecular complexity index is 2040. The number of rotatable bonds is 3. The summed E-state index contributed by atoms with van der Waals surface area (Å²) in [4.78, 5) is 2.39. The first-order valence-corrected chi connectivity index (χ1v) is 17.0. The molecule has 0 aliphatic carbocycles. The van der Waals surface area contributed by atoms with E-state index in [1.54, 1.807) is 0 Å². The Hall–Kier alpha value is -4.65. The van der Waals surface area contributed by atoms with Crippen molar-refractivity contribution in [1.29, 1.82) is 0 Å². The van der Waals surface area contributed by atoms with Crippen molar-refractivity contribution in [2.75, 3.05) is 4.90 Å². The number of para-hydroxylation sites is 2. The second-order valence-electron chi connectivity index (χ2n) is 12.9. The van der Waals surface area contributed by atoms with Crippen LogP contribution in [0.2, 0.25) is 0 Å². The van der Waals surface area contributed by atoms with Crippen molar-refractivity contribution in [2.24, 2.45) is 0 Å². The van der Waals surface area contributed by atoms with Crippen LogP contribution >= 0.6 is 7.14 Å². The van der Waals surface area contributed by atoms with Gasteiger partial charge in [0.2, 0.25) is 0 Å². The summed E-state index contributed by atoms with van der Waals surface area (Å²) in [5.41, 5.74) is 8.36. The predicted molar refractivity (Wildman–Crippen MR) is 185 cm³/mol. The van der Waals surface area contributed by atoms with Gasteiger partial charge in [-0.2, -0.15) is 0 Å². The van der Waals surface area contributed by atoms with E-state index in [1.807, 2.05) is 30.3 Å². The third kappa shape index (κ3) is 3.58. The van der Waals surface area contributed by atoms with Crippen molar-refractivity contribution in [3.05, 3.63) is 179 Å². The molecule has 2 aliphatic rings. The molecule has 1 unspecified atom stereocenters. The number of hydrogen-bond acceptors (Lipinski definition) is 2. The molecule has 0 saturated heterocycles. The van der Waals surface area contributed by atoms with Gasteiger partial charge in [-0.3, -0.25) is 0 Å². The maximum atomic E-state index is 16.2. The highest BCUT2D eigenvalue weighted by Crippen LogP contribution is 2.63. The highest BCUT2D eigenvalue weighted by Gasteiger charge is 2.52. The maximum absolute atomic E-state index is 16.2. The number of nitrogens with zero attached hydrogens (tertiary/aromatic N) is 1. The summed E-state index contributed by atoms with van der Waals surface area (Å²) < 4.78 is 16.2. The minimum Gasteiger partial charge on any atom is -0.308 e. The highest BCUT2D eigenvalue weighted by atomic mass is 31.2. The molecule has 44 heavy (non-hydrogen) atoms. The first-order chi connectivity index (χ1) is 21.4. The van der Waals surface area contributed by atoms with Crippen LogP contribution in [0.4, 0.5) is 17.1 Å². The minimum atomic E-state index is -3.28. The lowest BCUT2D eigenvalue weighted by Crippen LogP contribution is -2.45. The van der Waals surface area contributed by atoms with Gasteiger partial charge in [-0.05, 0) is 57.5 Å². The summed E-state index contributed by atoms with van der Waals surface area (Å²) >= 11 is 0. The molecule has 2 aliphatic heterocycles. The van der Waals surface area contributed by atoms with E-state index < -0.39 is 12.6 Å². The van der Waals surface area contributed by atoms with Crippen LogP contribution in [0.3, 0.4) is 0 Å². The third-order valence-corrected chi connectivity index (χ3v) is 12.6. The van der Waals surface area contributed by atoms with E-state index in [4.69, 9.17) is 0 Å². The normalized spacial score (nSPS) is 17.8. The Balaban J connectivity index is 1.57. The van der Waals surface area contributed by atoms with Crippen molar-refractivity contribution in [1.82, 2.24) is 0 Å². The van der Waals surface area contributed by atoms with Crippen molar-refractivity contribution in [2.45, 2.75) is 31.6 Å². The van der Waals surface area contributed by atoms with Crippen LogP contribution in [0.25, 0.3) is 0 Å². The van der Waals surface area contributed by atoms with Crippen LogP contribution in [0.5, 0.6) is 0 Å². The average Bonchev–Trinajstić information content (AvgIpc) is 3.07. The van der Waals surface area contributed by atoms with Gasteiger partial charge in [-0.15, -0.1) is 0 Å². The Morgan fingerprint density at radius 3 is 1.75 bits per heavy atom. The van der Waals surface area contributed by atoms with Crippen molar-refractivity contribution >= 4 is 40.1 Å². The molecule has 6 aromatic carbocycles. The molecule has 6 aromatic rings. The van der Waals surface area contributed by atoms with E-state index in [9.17, 15) is 0 Å². The fourth-order valence-corrected chi connectivity index (χ4v) is 10.5. The van der Waals surface area contributed by atoms with E-state index in [2.05, 4.69) is 147 Å². The van der Waals surface area contributed by atoms with Crippen molar-refractivity contribution < 1.29 is 4.57 Å². The molecule has 0 radical (unpaired) electrons. The van der Waals surface area contributed by atoms with E-state index in [1.165, 1.54) is 22.3 Å². The standard InChI is InChI=1S/C41H34NOP/c1-40(2,3)31-26-27-36-38(28-31)44(43,32-20-11-6-12-21-32)37-25-15-23-34-39(37)42(36)35-24-14-13-22-33(35)41(34,29-16-7-4-8-17-29)30-18-9-5-10-19-30/h4-28H,1-3H3. The second kappa shape index (κ2) is 9.68. The van der Waals surface area contributed by atoms with Gasteiger partial charge in [-0.1, -0.05) is 148 Å². The number of fused-ring (bicyclic) bond motifs is 4. The number of anilines is 3. The topological polar surface area (TPSA) is 20.3 Å². The summed E-state index contributed by atoms with van der Waals surface area (Å²) in [7, 11) is -3.28. The minimum absolute atomic E-state index is 0.0890. The van der Waals surface area contributed by atoms with Crippen LogP contribution < -0.4 is 20.8 Å². The lowest BCUT2D eigenvalue weighted by molar-refractivity contribution is 0.588. The van der Waals surface area contributed by atoms with Crippen LogP contribution in [0, 0.1) is 0 Å². The lowest BCUT2D eigenvalue weighted by atomic mass is 9.62. The first kappa shape index (κ1) is 26.9. The van der Waals surface area contributed by atoms with Gasteiger partial charge in [0, 0.05) is 15.9 Å². The third-order valence-electron chi connectivity index (χ3n) is 9.49. The average molecular weight is 588 g/mol. The highest BCUT2D eigenvalue weighted by molar-refractivity contribution is 7.86. The van der Waals surface area contributed by atoms with Crippen LogP contribution in [-0.4, -0.2) is 0 Å². The van der Waals surface area contributed by atoms with Crippen LogP contribution in [-0.2, 0) is 15.4 Å². The summed E-state index contributed by atoms with van der Waals surface area (Å²) in [6.45, 7) is 6.67. The van der Waals surface area contributed by atoms with Gasteiger partial charge in [0.25, 0.3) is 0 Å². The molecule has 0 saturated carbocycles. The number of hydrogen-bond donors (Lipinski definition) is 0. The Labute approximate surface area is 260 Å². The summed E-state index contributed by atoms with van der Waals surface area (Å²) in [5, 5.41) is 2.66. The molecule has 8 rings (SSSR count). The predicted octanol–water partition coefficient (Wildman–Crippen LogP) is 9.10. The molecule has 2 heterocycles. The van der Waals surface area contributed by atoms with E-state index in [0.29, 0.717) is 0 Å². The fourth-order valence-electron chi connectivity index (χ4n) is 7.47. The molecular formula is C41H34NOP. The van der Waals surface area contributed by atoms with Gasteiger partial charge in [-0.25, -0.2) is 0 Å². The Kier molecular flexibility index (Phi) is 5.93. The van der Waals surface area contributed by atoms with Gasteiger partial charge in [0.15, 0.2) is 7.14 Å². The molecule has 0 fully saturated rings. The van der Waals surface area contributed by atoms with Crippen LogP contribution in [0.15, 0.2) is 152 Å². The summed E-state index contributed by atoms with van der Waals surface area (Å²) in [5.74, 6) is 0. The molecule has 0 spiro atoms. The molecule has 214 valence electrons. The van der Waals surface area contributed by atoms with Gasteiger partial charge in [0.1, 0.15) is 0 Å². The SMILES string of the molecule is CC(C)(C)c1ccc2c(c1)P(=O)(c1ccccc1)c1cccc3c1N2c1ccccc1C3(c1ccccc1)c1ccccc1. The Morgan fingerprint density at radius 2 is 1.11 bits per heavy atom. The monoisotopic (exact) mass is 587 g/mol. The summed E-state index contributed by atoms with van der Waals surface area (Å²) in [6, 6.07) is 53.7. The van der Waals surface area contributed by atoms with Crippen molar-refractivity contribution in [3.63, 3.8) is 0 Å². The van der Waals surface area contributed by atoms with E-state index in [0.717, 1.165) is 38.5 Å². The zero-order valence-electron chi connectivity index (χ0n) is 25.2. The fraction of sp³-hybridized carbons (Fsp3) is 0.122. The van der Waals surface area contributed by atoms with Gasteiger partial charge in [0.05, 0.1) is 22.5 Å². The van der Waals surface area contributed by atoms with Gasteiger partial charge >= 0.3 is 0 Å². The molecule has 2 nitrogen and oxygen atoms in total. The number of benzene rings is 6. The molecule has 0 aromatic heterocycles. The van der Waals surface area contributed by atoms with Crippen LogP contribution in [0.1, 0.15) is 48.6 Å². The molecular weight excluding hydrogens is 553 g/mol. The quantitative estimate of drug-likeness (QED) is 0.192. The zero-order valence-corrected chi connectivity index (χ0v) is 26.1. The molecule has 0 bridgehead atoms. The molecule has 1 atom stereocenters. The zero-order chi connectivity index (χ0) is 30.1. The lowest BCUT2D eigenvalue weighted by Gasteiger charge is -2.50.